The molecule has 0 bridgehead atoms. The van der Waals surface area contributed by atoms with E-state index >= 15 is 0 Å². The van der Waals surface area contributed by atoms with Crippen LogP contribution in [0.2, 0.25) is 0 Å². The highest BCUT2D eigenvalue weighted by molar-refractivity contribution is 7.91. The Morgan fingerprint density at radius 1 is 1.48 bits per heavy atom. The topological polar surface area (TPSA) is 58.6 Å². The summed E-state index contributed by atoms with van der Waals surface area (Å²) in [5.41, 5.74) is 0. The van der Waals surface area contributed by atoms with Gasteiger partial charge in [0, 0.05) is 25.1 Å². The zero-order chi connectivity index (χ0) is 15.3. The minimum Gasteiger partial charge on any atom is -0.377 e. The van der Waals surface area contributed by atoms with Crippen LogP contribution in [0.1, 0.15) is 24.6 Å². The highest BCUT2D eigenvalue weighted by atomic mass is 32.2. The van der Waals surface area contributed by atoms with Crippen LogP contribution in [0.4, 0.5) is 0 Å². The van der Waals surface area contributed by atoms with Crippen LogP contribution in [0.15, 0.2) is 16.3 Å². The first-order valence-corrected chi connectivity index (χ1v) is 9.67. The fourth-order valence-electron chi connectivity index (χ4n) is 2.35. The molecule has 7 heteroatoms. The molecular formula is C14H24N2O3S2. The molecule has 0 aliphatic carbocycles. The maximum absolute atomic E-state index is 12.5. The zero-order valence-electron chi connectivity index (χ0n) is 12.7. The van der Waals surface area contributed by atoms with Crippen LogP contribution in [0.25, 0.3) is 0 Å². The van der Waals surface area contributed by atoms with Crippen molar-refractivity contribution in [2.24, 2.45) is 0 Å². The second kappa shape index (κ2) is 7.69. The van der Waals surface area contributed by atoms with E-state index < -0.39 is 10.0 Å². The summed E-state index contributed by atoms with van der Waals surface area (Å²) in [6.07, 6.45) is 2.87. The van der Waals surface area contributed by atoms with Gasteiger partial charge in [0.1, 0.15) is 4.21 Å². The first-order chi connectivity index (χ1) is 10.0. The molecule has 0 aromatic carbocycles. The van der Waals surface area contributed by atoms with Gasteiger partial charge in [-0.25, -0.2) is 8.42 Å². The Balaban J connectivity index is 1.97. The van der Waals surface area contributed by atoms with Gasteiger partial charge in [-0.15, -0.1) is 11.3 Å². The number of nitrogens with one attached hydrogen (secondary N) is 1. The van der Waals surface area contributed by atoms with E-state index in [1.165, 1.54) is 15.6 Å². The molecule has 0 spiro atoms. The average Bonchev–Trinajstić information content (AvgIpc) is 3.10. The largest absolute Gasteiger partial charge is 0.377 e. The van der Waals surface area contributed by atoms with E-state index in [-0.39, 0.29) is 6.10 Å². The number of sulfonamides is 1. The average molecular weight is 332 g/mol. The second-order valence-electron chi connectivity index (χ2n) is 5.24. The summed E-state index contributed by atoms with van der Waals surface area (Å²) in [7, 11) is -1.75. The number of likely N-dealkylation sites (N-methyl/N-ethyl adjacent to an activating group) is 2. The Kier molecular flexibility index (Phi) is 6.19. The zero-order valence-corrected chi connectivity index (χ0v) is 14.3. The molecule has 0 amide bonds. The maximum atomic E-state index is 12.5. The Labute approximate surface area is 131 Å². The quantitative estimate of drug-likeness (QED) is 0.736. The number of nitrogens with zero attached hydrogens (tertiary/aromatic N) is 1. The summed E-state index contributed by atoms with van der Waals surface area (Å²) >= 11 is 1.37. The molecule has 2 rings (SSSR count). The minimum absolute atomic E-state index is 0.0398. The van der Waals surface area contributed by atoms with Crippen LogP contribution in [-0.4, -0.2) is 52.1 Å². The lowest BCUT2D eigenvalue weighted by atomic mass is 10.2. The van der Waals surface area contributed by atoms with Gasteiger partial charge in [-0.1, -0.05) is 6.92 Å². The SMILES string of the molecule is CCNCCc1ccc(S(=O)(=O)N(C)CC2CCCO2)s1. The number of hydrogen-bond acceptors (Lipinski definition) is 5. The van der Waals surface area contributed by atoms with Gasteiger partial charge >= 0.3 is 0 Å². The number of ether oxygens (including phenoxy) is 1. The minimum atomic E-state index is -3.38. The van der Waals surface area contributed by atoms with Crippen LogP contribution < -0.4 is 5.32 Å². The van der Waals surface area contributed by atoms with Crippen molar-refractivity contribution >= 4 is 21.4 Å². The third kappa shape index (κ3) is 4.50. The first kappa shape index (κ1) is 16.9. The van der Waals surface area contributed by atoms with E-state index in [0.717, 1.165) is 43.8 Å². The van der Waals surface area contributed by atoms with Crippen LogP contribution in [0.3, 0.4) is 0 Å². The third-order valence-electron chi connectivity index (χ3n) is 3.58. The van der Waals surface area contributed by atoms with Crippen LogP contribution in [0, 0.1) is 0 Å². The van der Waals surface area contributed by atoms with E-state index in [9.17, 15) is 8.42 Å². The van der Waals surface area contributed by atoms with Gasteiger partial charge in [0.25, 0.3) is 10.0 Å². The molecule has 1 unspecified atom stereocenters. The maximum Gasteiger partial charge on any atom is 0.252 e. The lowest BCUT2D eigenvalue weighted by Gasteiger charge is -2.19. The molecule has 1 atom stereocenters. The monoisotopic (exact) mass is 332 g/mol. The second-order valence-corrected chi connectivity index (χ2v) is 8.68. The van der Waals surface area contributed by atoms with Crippen molar-refractivity contribution in [3.63, 3.8) is 0 Å². The Morgan fingerprint density at radius 3 is 2.95 bits per heavy atom. The van der Waals surface area contributed by atoms with Gasteiger partial charge in [0.15, 0.2) is 0 Å². The van der Waals surface area contributed by atoms with Gasteiger partial charge in [0.05, 0.1) is 6.10 Å². The number of thiophene rings is 1. The molecule has 1 fully saturated rings. The molecular weight excluding hydrogens is 308 g/mol. The standard InChI is InChI=1S/C14H24N2O3S2/c1-3-15-9-8-13-6-7-14(20-13)21(17,18)16(2)11-12-5-4-10-19-12/h6-7,12,15H,3-5,8-11H2,1-2H3. The lowest BCUT2D eigenvalue weighted by molar-refractivity contribution is 0.0979. The van der Waals surface area contributed by atoms with Crippen molar-refractivity contribution in [1.29, 1.82) is 0 Å². The van der Waals surface area contributed by atoms with Gasteiger partial charge in [-0.2, -0.15) is 4.31 Å². The van der Waals surface area contributed by atoms with E-state index in [1.807, 2.05) is 6.07 Å². The fourth-order valence-corrected chi connectivity index (χ4v) is 5.11. The molecule has 1 N–H and O–H groups in total. The molecule has 2 heterocycles. The molecule has 0 saturated carbocycles. The lowest BCUT2D eigenvalue weighted by Crippen LogP contribution is -2.33. The summed E-state index contributed by atoms with van der Waals surface area (Å²) in [5, 5.41) is 3.25. The highest BCUT2D eigenvalue weighted by Gasteiger charge is 2.27. The summed E-state index contributed by atoms with van der Waals surface area (Å²) in [6.45, 7) is 5.05. The molecule has 1 saturated heterocycles. The van der Waals surface area contributed by atoms with Crippen LogP contribution >= 0.6 is 11.3 Å². The van der Waals surface area contributed by atoms with Crippen molar-refractivity contribution in [3.05, 3.63) is 17.0 Å². The van der Waals surface area contributed by atoms with Crippen molar-refractivity contribution in [3.8, 4) is 0 Å². The Morgan fingerprint density at radius 2 is 2.29 bits per heavy atom. The number of rotatable bonds is 8. The predicted molar refractivity (Wildman–Crippen MR) is 85.4 cm³/mol. The third-order valence-corrected chi connectivity index (χ3v) is 7.02. The molecule has 1 aromatic heterocycles. The van der Waals surface area contributed by atoms with Crippen molar-refractivity contribution in [2.75, 3.05) is 33.3 Å². The molecule has 5 nitrogen and oxygen atoms in total. The van der Waals surface area contributed by atoms with E-state index in [2.05, 4.69) is 12.2 Å². The van der Waals surface area contributed by atoms with Crippen molar-refractivity contribution < 1.29 is 13.2 Å². The molecule has 1 aromatic rings. The summed E-state index contributed by atoms with van der Waals surface area (Å²) in [4.78, 5) is 1.10. The van der Waals surface area contributed by atoms with Gasteiger partial charge < -0.3 is 10.1 Å². The normalized spacial score (nSPS) is 19.5. The van der Waals surface area contributed by atoms with E-state index in [0.29, 0.717) is 10.8 Å². The molecule has 120 valence electrons. The van der Waals surface area contributed by atoms with Gasteiger partial charge in [-0.3, -0.25) is 0 Å². The van der Waals surface area contributed by atoms with Gasteiger partial charge in [-0.05, 0) is 44.5 Å². The van der Waals surface area contributed by atoms with Crippen molar-refractivity contribution in [1.82, 2.24) is 9.62 Å². The Hall–Kier alpha value is -0.470. The Bertz CT molecular complexity index is 536. The fraction of sp³-hybridized carbons (Fsp3) is 0.714. The summed E-state index contributed by atoms with van der Waals surface area (Å²) in [6, 6.07) is 3.63. The van der Waals surface area contributed by atoms with E-state index in [1.54, 1.807) is 13.1 Å². The van der Waals surface area contributed by atoms with Crippen LogP contribution in [-0.2, 0) is 21.2 Å². The summed E-state index contributed by atoms with van der Waals surface area (Å²) in [5.74, 6) is 0. The van der Waals surface area contributed by atoms with Crippen molar-refractivity contribution in [2.45, 2.75) is 36.5 Å². The first-order valence-electron chi connectivity index (χ1n) is 7.41. The predicted octanol–water partition coefficient (Wildman–Crippen LogP) is 1.70. The molecule has 21 heavy (non-hydrogen) atoms. The molecule has 1 aliphatic rings. The van der Waals surface area contributed by atoms with Gasteiger partial charge in [0.2, 0.25) is 0 Å². The van der Waals surface area contributed by atoms with E-state index in [4.69, 9.17) is 4.74 Å². The smallest absolute Gasteiger partial charge is 0.252 e. The molecule has 0 radical (unpaired) electrons. The highest BCUT2D eigenvalue weighted by Crippen LogP contribution is 2.25. The summed E-state index contributed by atoms with van der Waals surface area (Å²) < 4.78 is 32.4. The van der Waals surface area contributed by atoms with Crippen LogP contribution in [0.5, 0.6) is 0 Å². The number of hydrogen-bond donors (Lipinski definition) is 1. The molecule has 1 aliphatic heterocycles.